The maximum atomic E-state index is 5.97. The molecule has 1 fully saturated rings. The van der Waals surface area contributed by atoms with Crippen LogP contribution in [-0.2, 0) is 0 Å². The van der Waals surface area contributed by atoms with Crippen LogP contribution in [0.4, 0.5) is 0 Å². The zero-order valence-electron chi connectivity index (χ0n) is 12.0. The van der Waals surface area contributed by atoms with Gasteiger partial charge in [-0.2, -0.15) is 0 Å². The van der Waals surface area contributed by atoms with E-state index >= 15 is 0 Å². The van der Waals surface area contributed by atoms with Crippen molar-refractivity contribution in [3.05, 3.63) is 24.3 Å². The SMILES string of the molecule is CCC1CCC(CN)C(Sc2nc3ccccc3[nH]2)C1. The Morgan fingerprint density at radius 2 is 2.20 bits per heavy atom. The average Bonchev–Trinajstić information content (AvgIpc) is 2.89. The van der Waals surface area contributed by atoms with E-state index in [-0.39, 0.29) is 0 Å². The topological polar surface area (TPSA) is 54.7 Å². The third kappa shape index (κ3) is 2.86. The maximum Gasteiger partial charge on any atom is 0.166 e. The van der Waals surface area contributed by atoms with Gasteiger partial charge in [-0.15, -0.1) is 0 Å². The van der Waals surface area contributed by atoms with Crippen LogP contribution in [0.15, 0.2) is 29.4 Å². The van der Waals surface area contributed by atoms with Crippen molar-refractivity contribution >= 4 is 22.8 Å². The Kier molecular flexibility index (Phi) is 4.32. The number of rotatable bonds is 4. The lowest BCUT2D eigenvalue weighted by atomic mass is 9.80. The van der Waals surface area contributed by atoms with Gasteiger partial charge >= 0.3 is 0 Å². The van der Waals surface area contributed by atoms with Gasteiger partial charge in [-0.1, -0.05) is 43.7 Å². The third-order valence-electron chi connectivity index (χ3n) is 4.55. The largest absolute Gasteiger partial charge is 0.333 e. The van der Waals surface area contributed by atoms with Crippen molar-refractivity contribution < 1.29 is 0 Å². The molecule has 0 aliphatic heterocycles. The smallest absolute Gasteiger partial charge is 0.166 e. The van der Waals surface area contributed by atoms with Crippen molar-refractivity contribution in [2.24, 2.45) is 17.6 Å². The Morgan fingerprint density at radius 1 is 1.35 bits per heavy atom. The summed E-state index contributed by atoms with van der Waals surface area (Å²) < 4.78 is 0. The fourth-order valence-corrected chi connectivity index (χ4v) is 4.60. The molecule has 3 unspecified atom stereocenters. The highest BCUT2D eigenvalue weighted by molar-refractivity contribution is 7.99. The van der Waals surface area contributed by atoms with Crippen molar-refractivity contribution in [2.75, 3.05) is 6.54 Å². The number of benzene rings is 1. The van der Waals surface area contributed by atoms with Gasteiger partial charge in [0.15, 0.2) is 5.16 Å². The van der Waals surface area contributed by atoms with E-state index in [4.69, 9.17) is 10.7 Å². The normalized spacial score (nSPS) is 27.0. The summed E-state index contributed by atoms with van der Waals surface area (Å²) in [4.78, 5) is 8.12. The number of nitrogens with one attached hydrogen (secondary N) is 1. The van der Waals surface area contributed by atoms with Gasteiger partial charge in [-0.3, -0.25) is 0 Å². The van der Waals surface area contributed by atoms with Crippen LogP contribution >= 0.6 is 11.8 Å². The first kappa shape index (κ1) is 14.0. The maximum absolute atomic E-state index is 5.97. The summed E-state index contributed by atoms with van der Waals surface area (Å²) in [6.07, 6.45) is 5.18. The fourth-order valence-electron chi connectivity index (χ4n) is 3.19. The Labute approximate surface area is 124 Å². The van der Waals surface area contributed by atoms with Gasteiger partial charge in [0.25, 0.3) is 0 Å². The molecule has 3 nitrogen and oxygen atoms in total. The summed E-state index contributed by atoms with van der Waals surface area (Å²) in [7, 11) is 0. The van der Waals surface area contributed by atoms with Gasteiger partial charge in [0.2, 0.25) is 0 Å². The number of para-hydroxylation sites is 2. The van der Waals surface area contributed by atoms with Crippen LogP contribution in [0.5, 0.6) is 0 Å². The van der Waals surface area contributed by atoms with E-state index in [1.807, 2.05) is 23.9 Å². The summed E-state index contributed by atoms with van der Waals surface area (Å²) >= 11 is 1.90. The molecule has 1 aromatic carbocycles. The van der Waals surface area contributed by atoms with Crippen LogP contribution in [0.1, 0.15) is 32.6 Å². The second-order valence-electron chi connectivity index (χ2n) is 5.80. The number of hydrogen-bond donors (Lipinski definition) is 2. The number of aromatic nitrogens is 2. The quantitative estimate of drug-likeness (QED) is 0.900. The number of nitrogens with two attached hydrogens (primary N) is 1. The van der Waals surface area contributed by atoms with Crippen molar-refractivity contribution in [3.8, 4) is 0 Å². The van der Waals surface area contributed by atoms with Gasteiger partial charge < -0.3 is 10.7 Å². The van der Waals surface area contributed by atoms with Crippen LogP contribution in [-0.4, -0.2) is 21.8 Å². The van der Waals surface area contributed by atoms with E-state index in [9.17, 15) is 0 Å². The Morgan fingerprint density at radius 3 is 2.95 bits per heavy atom. The number of H-pyrrole nitrogens is 1. The minimum atomic E-state index is 0.610. The van der Waals surface area contributed by atoms with Gasteiger partial charge in [0.05, 0.1) is 11.0 Å². The van der Waals surface area contributed by atoms with Gasteiger partial charge in [0.1, 0.15) is 0 Å². The summed E-state index contributed by atoms with van der Waals surface area (Å²) in [5.41, 5.74) is 8.15. The van der Waals surface area contributed by atoms with E-state index in [1.165, 1.54) is 25.7 Å². The predicted octanol–water partition coefficient (Wildman–Crippen LogP) is 3.81. The molecule has 1 aliphatic rings. The first-order valence-corrected chi connectivity index (χ1v) is 8.49. The van der Waals surface area contributed by atoms with Crippen molar-refractivity contribution in [1.82, 2.24) is 9.97 Å². The molecule has 0 amide bonds. The lowest BCUT2D eigenvalue weighted by Crippen LogP contribution is -2.32. The number of thioether (sulfide) groups is 1. The van der Waals surface area contributed by atoms with Crippen LogP contribution in [0, 0.1) is 11.8 Å². The minimum absolute atomic E-state index is 0.610. The second-order valence-corrected chi connectivity index (χ2v) is 7.03. The van der Waals surface area contributed by atoms with E-state index in [0.29, 0.717) is 11.2 Å². The van der Waals surface area contributed by atoms with Gasteiger partial charge in [-0.05, 0) is 43.4 Å². The molecule has 108 valence electrons. The molecule has 3 N–H and O–H groups in total. The standard InChI is InChI=1S/C16H23N3S/c1-2-11-7-8-12(10-17)15(9-11)20-16-18-13-5-3-4-6-14(13)19-16/h3-6,11-12,15H,2,7-10,17H2,1H3,(H,18,19). The Bertz CT molecular complexity index is 533. The molecule has 20 heavy (non-hydrogen) atoms. The molecule has 0 bridgehead atoms. The molecule has 3 atom stereocenters. The van der Waals surface area contributed by atoms with Gasteiger partial charge in [-0.25, -0.2) is 4.98 Å². The number of nitrogens with zero attached hydrogens (tertiary/aromatic N) is 1. The molecule has 0 radical (unpaired) electrons. The molecule has 0 saturated heterocycles. The zero-order valence-corrected chi connectivity index (χ0v) is 12.8. The van der Waals surface area contributed by atoms with Crippen LogP contribution in [0.3, 0.4) is 0 Å². The molecule has 1 heterocycles. The molecule has 1 aromatic heterocycles. The molecule has 4 heteroatoms. The first-order valence-electron chi connectivity index (χ1n) is 7.61. The van der Waals surface area contributed by atoms with Crippen LogP contribution < -0.4 is 5.73 Å². The van der Waals surface area contributed by atoms with Crippen LogP contribution in [0.25, 0.3) is 11.0 Å². The number of hydrogen-bond acceptors (Lipinski definition) is 3. The van der Waals surface area contributed by atoms with E-state index in [0.717, 1.165) is 28.7 Å². The van der Waals surface area contributed by atoms with E-state index in [1.54, 1.807) is 0 Å². The highest BCUT2D eigenvalue weighted by atomic mass is 32.2. The third-order valence-corrected chi connectivity index (χ3v) is 5.84. The predicted molar refractivity (Wildman–Crippen MR) is 85.9 cm³/mol. The number of imidazole rings is 1. The molecule has 2 aromatic rings. The highest BCUT2D eigenvalue weighted by Gasteiger charge is 2.30. The molecule has 0 spiro atoms. The van der Waals surface area contributed by atoms with E-state index in [2.05, 4.69) is 24.0 Å². The van der Waals surface area contributed by atoms with Crippen molar-refractivity contribution in [2.45, 2.75) is 43.0 Å². The lowest BCUT2D eigenvalue weighted by Gasteiger charge is -2.34. The first-order chi connectivity index (χ1) is 9.80. The van der Waals surface area contributed by atoms with Crippen molar-refractivity contribution in [1.29, 1.82) is 0 Å². The zero-order chi connectivity index (χ0) is 13.9. The molecular formula is C16H23N3S. The van der Waals surface area contributed by atoms with Crippen molar-refractivity contribution in [3.63, 3.8) is 0 Å². The molecule has 3 rings (SSSR count). The van der Waals surface area contributed by atoms with Gasteiger partial charge in [0, 0.05) is 5.25 Å². The monoisotopic (exact) mass is 289 g/mol. The molecular weight excluding hydrogens is 266 g/mol. The van der Waals surface area contributed by atoms with Crippen LogP contribution in [0.2, 0.25) is 0 Å². The summed E-state index contributed by atoms with van der Waals surface area (Å²) in [6, 6.07) is 8.23. The van der Waals surface area contributed by atoms with E-state index < -0.39 is 0 Å². The molecule has 1 aliphatic carbocycles. The number of fused-ring (bicyclic) bond motifs is 1. The Balaban J connectivity index is 1.76. The number of aromatic amines is 1. The lowest BCUT2D eigenvalue weighted by molar-refractivity contribution is 0.283. The summed E-state index contributed by atoms with van der Waals surface area (Å²) in [6.45, 7) is 3.10. The minimum Gasteiger partial charge on any atom is -0.333 e. The second kappa shape index (κ2) is 6.19. The summed E-state index contributed by atoms with van der Waals surface area (Å²) in [5.74, 6) is 1.50. The molecule has 1 saturated carbocycles. The highest BCUT2D eigenvalue weighted by Crippen LogP contribution is 2.40. The average molecular weight is 289 g/mol. The summed E-state index contributed by atoms with van der Waals surface area (Å²) in [5, 5.41) is 1.66. The Hall–Kier alpha value is -1.00. The fraction of sp³-hybridized carbons (Fsp3) is 0.562.